The van der Waals surface area contributed by atoms with Crippen LogP contribution in [-0.2, 0) is 14.3 Å². The van der Waals surface area contributed by atoms with Crippen LogP contribution < -0.4 is 11.1 Å². The smallest absolute Gasteiger partial charge is 0.223 e. The highest BCUT2D eigenvalue weighted by Gasteiger charge is 2.31. The molecule has 1 rings (SSSR count). The lowest BCUT2D eigenvalue weighted by molar-refractivity contribution is -0.132. The summed E-state index contributed by atoms with van der Waals surface area (Å²) >= 11 is 0. The molecule has 18 heavy (non-hydrogen) atoms. The summed E-state index contributed by atoms with van der Waals surface area (Å²) in [6.45, 7) is 6.31. The summed E-state index contributed by atoms with van der Waals surface area (Å²) < 4.78 is 5.55. The quantitative estimate of drug-likeness (QED) is 0.768. The third-order valence-corrected chi connectivity index (χ3v) is 3.27. The summed E-state index contributed by atoms with van der Waals surface area (Å²) in [5.74, 6) is -0.419. The van der Waals surface area contributed by atoms with E-state index in [0.717, 1.165) is 19.3 Å². The standard InChI is InChI=1S/C13H24N2O3/c1-4-10-7-9(5-6-18-10)12(17)15-13(2,3)8-11(14)16/h9-10H,4-8H2,1-3H3,(H2,14,16)(H,15,17)/t9-,10-/m1/s1. The second-order valence-corrected chi connectivity index (χ2v) is 5.64. The number of amides is 2. The Morgan fingerprint density at radius 3 is 2.67 bits per heavy atom. The number of primary amides is 1. The molecule has 1 saturated heterocycles. The molecule has 1 fully saturated rings. The van der Waals surface area contributed by atoms with Gasteiger partial charge >= 0.3 is 0 Å². The first-order valence-corrected chi connectivity index (χ1v) is 6.56. The minimum absolute atomic E-state index is 0.00278. The zero-order valence-corrected chi connectivity index (χ0v) is 11.5. The van der Waals surface area contributed by atoms with Gasteiger partial charge in [-0.1, -0.05) is 6.92 Å². The lowest BCUT2D eigenvalue weighted by atomic mass is 9.91. The fraction of sp³-hybridized carbons (Fsp3) is 0.846. The number of nitrogens with two attached hydrogens (primary N) is 1. The summed E-state index contributed by atoms with van der Waals surface area (Å²) in [5.41, 5.74) is 4.59. The Hall–Kier alpha value is -1.10. The van der Waals surface area contributed by atoms with Gasteiger partial charge in [-0.15, -0.1) is 0 Å². The van der Waals surface area contributed by atoms with Crippen LogP contribution in [0.5, 0.6) is 0 Å². The van der Waals surface area contributed by atoms with Gasteiger partial charge in [0.25, 0.3) is 0 Å². The molecule has 0 bridgehead atoms. The first-order chi connectivity index (χ1) is 8.34. The molecule has 0 radical (unpaired) electrons. The van der Waals surface area contributed by atoms with Gasteiger partial charge in [0.05, 0.1) is 6.10 Å². The Kier molecular flexibility index (Phi) is 5.14. The Labute approximate surface area is 108 Å². The molecule has 0 saturated carbocycles. The maximum atomic E-state index is 12.1. The normalized spacial score (nSPS) is 24.6. The summed E-state index contributed by atoms with van der Waals surface area (Å²) in [6, 6.07) is 0. The van der Waals surface area contributed by atoms with Crippen molar-refractivity contribution in [2.75, 3.05) is 6.61 Å². The van der Waals surface area contributed by atoms with E-state index in [0.29, 0.717) is 6.61 Å². The average Bonchev–Trinajstić information content (AvgIpc) is 2.26. The van der Waals surface area contributed by atoms with Crippen LogP contribution >= 0.6 is 0 Å². The highest BCUT2D eigenvalue weighted by atomic mass is 16.5. The van der Waals surface area contributed by atoms with Crippen LogP contribution in [0.3, 0.4) is 0 Å². The van der Waals surface area contributed by atoms with Gasteiger partial charge in [0.1, 0.15) is 0 Å². The third-order valence-electron chi connectivity index (χ3n) is 3.27. The van der Waals surface area contributed by atoms with Gasteiger partial charge in [0, 0.05) is 24.5 Å². The third kappa shape index (κ3) is 4.64. The zero-order valence-electron chi connectivity index (χ0n) is 11.5. The average molecular weight is 256 g/mol. The molecule has 1 aliphatic rings. The molecule has 5 nitrogen and oxygen atoms in total. The predicted molar refractivity (Wildman–Crippen MR) is 68.8 cm³/mol. The molecule has 0 spiro atoms. The molecule has 104 valence electrons. The van der Waals surface area contributed by atoms with Crippen molar-refractivity contribution >= 4 is 11.8 Å². The topological polar surface area (TPSA) is 81.4 Å². The maximum Gasteiger partial charge on any atom is 0.223 e. The van der Waals surface area contributed by atoms with Crippen molar-refractivity contribution in [1.29, 1.82) is 0 Å². The lowest BCUT2D eigenvalue weighted by Crippen LogP contribution is -2.49. The maximum absolute atomic E-state index is 12.1. The van der Waals surface area contributed by atoms with Crippen LogP contribution in [-0.4, -0.2) is 30.1 Å². The van der Waals surface area contributed by atoms with Gasteiger partial charge in [-0.25, -0.2) is 0 Å². The van der Waals surface area contributed by atoms with Crippen molar-refractivity contribution in [1.82, 2.24) is 5.32 Å². The van der Waals surface area contributed by atoms with Crippen LogP contribution in [0.4, 0.5) is 0 Å². The van der Waals surface area contributed by atoms with Gasteiger partial charge in [-0.2, -0.15) is 0 Å². The van der Waals surface area contributed by atoms with E-state index >= 15 is 0 Å². The monoisotopic (exact) mass is 256 g/mol. The minimum Gasteiger partial charge on any atom is -0.378 e. The van der Waals surface area contributed by atoms with Crippen molar-refractivity contribution in [2.24, 2.45) is 11.7 Å². The summed E-state index contributed by atoms with van der Waals surface area (Å²) in [7, 11) is 0. The number of ether oxygens (including phenoxy) is 1. The van der Waals surface area contributed by atoms with Crippen LogP contribution in [0, 0.1) is 5.92 Å². The molecular weight excluding hydrogens is 232 g/mol. The molecule has 1 heterocycles. The van der Waals surface area contributed by atoms with E-state index in [1.807, 2.05) is 13.8 Å². The zero-order chi connectivity index (χ0) is 13.8. The molecule has 0 aliphatic carbocycles. The summed E-state index contributed by atoms with van der Waals surface area (Å²) in [4.78, 5) is 23.1. The lowest BCUT2D eigenvalue weighted by Gasteiger charge is -2.32. The number of carbonyl (C=O) groups is 2. The van der Waals surface area contributed by atoms with E-state index < -0.39 is 11.4 Å². The second-order valence-electron chi connectivity index (χ2n) is 5.64. The van der Waals surface area contributed by atoms with Crippen molar-refractivity contribution in [3.05, 3.63) is 0 Å². The number of hydrogen-bond acceptors (Lipinski definition) is 3. The fourth-order valence-electron chi connectivity index (χ4n) is 2.32. The molecule has 5 heteroatoms. The Morgan fingerprint density at radius 2 is 2.11 bits per heavy atom. The van der Waals surface area contributed by atoms with Crippen LogP contribution in [0.2, 0.25) is 0 Å². The van der Waals surface area contributed by atoms with Crippen molar-refractivity contribution in [3.8, 4) is 0 Å². The molecule has 2 amide bonds. The van der Waals surface area contributed by atoms with Crippen LogP contribution in [0.25, 0.3) is 0 Å². The van der Waals surface area contributed by atoms with Gasteiger partial charge in [-0.05, 0) is 33.1 Å². The van der Waals surface area contributed by atoms with Gasteiger partial charge < -0.3 is 15.8 Å². The van der Waals surface area contributed by atoms with E-state index in [9.17, 15) is 9.59 Å². The van der Waals surface area contributed by atoms with Gasteiger partial charge in [0.15, 0.2) is 0 Å². The Balaban J connectivity index is 2.51. The Bertz CT molecular complexity index is 315. The number of carbonyl (C=O) groups excluding carboxylic acids is 2. The van der Waals surface area contributed by atoms with E-state index in [1.54, 1.807) is 0 Å². The van der Waals surface area contributed by atoms with Crippen molar-refractivity contribution in [2.45, 2.75) is 58.1 Å². The molecule has 0 unspecified atom stereocenters. The number of nitrogens with one attached hydrogen (secondary N) is 1. The first kappa shape index (κ1) is 15.0. The fourth-order valence-corrected chi connectivity index (χ4v) is 2.32. The van der Waals surface area contributed by atoms with Gasteiger partial charge in [-0.3, -0.25) is 9.59 Å². The molecule has 1 aliphatic heterocycles. The Morgan fingerprint density at radius 1 is 1.44 bits per heavy atom. The van der Waals surface area contributed by atoms with E-state index in [4.69, 9.17) is 10.5 Å². The van der Waals surface area contributed by atoms with E-state index in [-0.39, 0.29) is 24.3 Å². The molecule has 0 aromatic rings. The predicted octanol–water partition coefficient (Wildman–Crippen LogP) is 0.962. The highest BCUT2D eigenvalue weighted by molar-refractivity contribution is 5.81. The second kappa shape index (κ2) is 6.18. The van der Waals surface area contributed by atoms with Crippen molar-refractivity contribution < 1.29 is 14.3 Å². The van der Waals surface area contributed by atoms with E-state index in [2.05, 4.69) is 12.2 Å². The van der Waals surface area contributed by atoms with Crippen LogP contribution in [0.1, 0.15) is 46.5 Å². The number of rotatable bonds is 5. The summed E-state index contributed by atoms with van der Waals surface area (Å²) in [5, 5.41) is 2.91. The SMILES string of the molecule is CC[C@@H]1C[C@H](C(=O)NC(C)(C)CC(N)=O)CCO1. The highest BCUT2D eigenvalue weighted by Crippen LogP contribution is 2.23. The van der Waals surface area contributed by atoms with E-state index in [1.165, 1.54) is 0 Å². The van der Waals surface area contributed by atoms with Gasteiger partial charge in [0.2, 0.25) is 11.8 Å². The molecule has 0 aromatic heterocycles. The number of hydrogen-bond donors (Lipinski definition) is 2. The largest absolute Gasteiger partial charge is 0.378 e. The molecule has 0 aromatic carbocycles. The molecular formula is C13H24N2O3. The first-order valence-electron chi connectivity index (χ1n) is 6.56. The minimum atomic E-state index is -0.580. The molecule has 2 atom stereocenters. The van der Waals surface area contributed by atoms with Crippen LogP contribution in [0.15, 0.2) is 0 Å². The summed E-state index contributed by atoms with van der Waals surface area (Å²) in [6.07, 6.45) is 2.76. The molecule has 3 N–H and O–H groups in total. The van der Waals surface area contributed by atoms with Crippen molar-refractivity contribution in [3.63, 3.8) is 0 Å².